The number of carbonyl (C=O) groups is 1. The molecule has 0 saturated carbocycles. The van der Waals surface area contributed by atoms with E-state index in [1.807, 2.05) is 13.8 Å². The maximum Gasteiger partial charge on any atom is 0.218 e. The highest BCUT2D eigenvalue weighted by Gasteiger charge is 2.17. The summed E-state index contributed by atoms with van der Waals surface area (Å²) in [5.74, 6) is -0.204. The Morgan fingerprint density at radius 2 is 1.87 bits per heavy atom. The summed E-state index contributed by atoms with van der Waals surface area (Å²) >= 11 is 0. The molecule has 0 spiro atoms. The van der Waals surface area contributed by atoms with Crippen molar-refractivity contribution < 1.29 is 9.18 Å². The van der Waals surface area contributed by atoms with E-state index < -0.39 is 0 Å². The van der Waals surface area contributed by atoms with Crippen molar-refractivity contribution >= 4 is 5.91 Å². The Kier molecular flexibility index (Phi) is 3.83. The number of primary amides is 1. The minimum Gasteiger partial charge on any atom is -0.370 e. The highest BCUT2D eigenvalue weighted by molar-refractivity contribution is 5.74. The molecule has 0 aliphatic heterocycles. The van der Waals surface area contributed by atoms with E-state index in [2.05, 4.69) is 0 Å². The molecule has 2 nitrogen and oxygen atoms in total. The Balaban J connectivity index is 2.88. The average Bonchev–Trinajstić information content (AvgIpc) is 2.15. The van der Waals surface area contributed by atoms with Gasteiger partial charge in [0, 0.05) is 6.42 Å². The number of benzene rings is 1. The van der Waals surface area contributed by atoms with Crippen LogP contribution in [0.25, 0.3) is 0 Å². The monoisotopic (exact) mass is 209 g/mol. The Hall–Kier alpha value is -1.38. The summed E-state index contributed by atoms with van der Waals surface area (Å²) in [7, 11) is 0. The zero-order chi connectivity index (χ0) is 11.4. The van der Waals surface area contributed by atoms with E-state index in [0.717, 1.165) is 5.56 Å². The molecule has 0 radical (unpaired) electrons. The lowest BCUT2D eigenvalue weighted by molar-refractivity contribution is -0.118. The van der Waals surface area contributed by atoms with E-state index in [1.165, 1.54) is 12.1 Å². The SMILES string of the molecule is CC(C)[C@H](CC(N)=O)c1ccc(F)cc1. The highest BCUT2D eigenvalue weighted by Crippen LogP contribution is 2.27. The van der Waals surface area contributed by atoms with Crippen molar-refractivity contribution in [1.29, 1.82) is 0 Å². The average molecular weight is 209 g/mol. The summed E-state index contributed by atoms with van der Waals surface area (Å²) in [5, 5.41) is 0. The van der Waals surface area contributed by atoms with Crippen LogP contribution in [0.3, 0.4) is 0 Å². The number of halogens is 1. The first-order valence-corrected chi connectivity index (χ1v) is 5.04. The van der Waals surface area contributed by atoms with Gasteiger partial charge in [0.15, 0.2) is 0 Å². The van der Waals surface area contributed by atoms with Crippen molar-refractivity contribution in [2.24, 2.45) is 11.7 Å². The molecule has 0 fully saturated rings. The van der Waals surface area contributed by atoms with Crippen LogP contribution >= 0.6 is 0 Å². The number of hydrogen-bond donors (Lipinski definition) is 1. The second-order valence-corrected chi connectivity index (χ2v) is 4.07. The van der Waals surface area contributed by atoms with Crippen LogP contribution in [0.15, 0.2) is 24.3 Å². The van der Waals surface area contributed by atoms with Crippen LogP contribution in [0.2, 0.25) is 0 Å². The molecule has 1 atom stereocenters. The van der Waals surface area contributed by atoms with Gasteiger partial charge in [-0.25, -0.2) is 4.39 Å². The van der Waals surface area contributed by atoms with E-state index >= 15 is 0 Å². The van der Waals surface area contributed by atoms with Crippen LogP contribution in [-0.2, 0) is 4.79 Å². The zero-order valence-corrected chi connectivity index (χ0v) is 9.03. The lowest BCUT2D eigenvalue weighted by Crippen LogP contribution is -2.18. The number of amides is 1. The quantitative estimate of drug-likeness (QED) is 0.813. The molecular formula is C12H16FNO. The van der Waals surface area contributed by atoms with Gasteiger partial charge in [0.05, 0.1) is 0 Å². The van der Waals surface area contributed by atoms with Crippen molar-refractivity contribution in [2.45, 2.75) is 26.2 Å². The Morgan fingerprint density at radius 3 is 2.27 bits per heavy atom. The van der Waals surface area contributed by atoms with Crippen LogP contribution in [0.1, 0.15) is 31.7 Å². The fourth-order valence-electron chi connectivity index (χ4n) is 1.67. The number of nitrogens with two attached hydrogens (primary N) is 1. The lowest BCUT2D eigenvalue weighted by atomic mass is 9.85. The molecule has 1 aromatic carbocycles. The zero-order valence-electron chi connectivity index (χ0n) is 9.03. The first-order valence-electron chi connectivity index (χ1n) is 5.04. The Morgan fingerprint density at radius 1 is 1.33 bits per heavy atom. The Labute approximate surface area is 89.3 Å². The van der Waals surface area contributed by atoms with Crippen LogP contribution in [0.4, 0.5) is 4.39 Å². The maximum absolute atomic E-state index is 12.7. The third-order valence-electron chi connectivity index (χ3n) is 2.52. The topological polar surface area (TPSA) is 43.1 Å². The molecule has 0 aromatic heterocycles. The second kappa shape index (κ2) is 4.91. The molecule has 0 heterocycles. The molecule has 0 aliphatic carbocycles. The summed E-state index contributed by atoms with van der Waals surface area (Å²) in [6.07, 6.45) is 0.309. The summed E-state index contributed by atoms with van der Waals surface area (Å²) in [4.78, 5) is 10.9. The van der Waals surface area contributed by atoms with E-state index in [0.29, 0.717) is 12.3 Å². The third kappa shape index (κ3) is 3.35. The molecule has 0 aliphatic rings. The van der Waals surface area contributed by atoms with E-state index in [1.54, 1.807) is 12.1 Å². The first kappa shape index (κ1) is 11.7. The van der Waals surface area contributed by atoms with Gasteiger partial charge in [-0.15, -0.1) is 0 Å². The fraction of sp³-hybridized carbons (Fsp3) is 0.417. The van der Waals surface area contributed by atoms with Crippen molar-refractivity contribution in [2.75, 3.05) is 0 Å². The van der Waals surface area contributed by atoms with Crippen LogP contribution in [0, 0.1) is 11.7 Å². The molecule has 0 saturated heterocycles. The smallest absolute Gasteiger partial charge is 0.218 e. The molecule has 1 rings (SSSR count). The van der Waals surface area contributed by atoms with Gasteiger partial charge in [-0.2, -0.15) is 0 Å². The third-order valence-corrected chi connectivity index (χ3v) is 2.52. The van der Waals surface area contributed by atoms with Gasteiger partial charge < -0.3 is 5.73 Å². The van der Waals surface area contributed by atoms with Gasteiger partial charge in [0.25, 0.3) is 0 Å². The number of hydrogen-bond acceptors (Lipinski definition) is 1. The van der Waals surface area contributed by atoms with Gasteiger partial charge in [0.1, 0.15) is 5.82 Å². The van der Waals surface area contributed by atoms with Crippen molar-refractivity contribution in [3.8, 4) is 0 Å². The molecule has 0 unspecified atom stereocenters. The first-order chi connectivity index (χ1) is 7.00. The largest absolute Gasteiger partial charge is 0.370 e. The maximum atomic E-state index is 12.7. The van der Waals surface area contributed by atoms with Gasteiger partial charge in [-0.05, 0) is 29.5 Å². The fourth-order valence-corrected chi connectivity index (χ4v) is 1.67. The van der Waals surface area contributed by atoms with Crippen molar-refractivity contribution in [3.63, 3.8) is 0 Å². The molecule has 0 bridgehead atoms. The molecule has 82 valence electrons. The number of carbonyl (C=O) groups excluding carboxylic acids is 1. The van der Waals surface area contributed by atoms with Crippen LogP contribution in [-0.4, -0.2) is 5.91 Å². The van der Waals surface area contributed by atoms with Gasteiger partial charge in [-0.3, -0.25) is 4.79 Å². The highest BCUT2D eigenvalue weighted by atomic mass is 19.1. The molecule has 2 N–H and O–H groups in total. The van der Waals surface area contributed by atoms with E-state index in [9.17, 15) is 9.18 Å². The van der Waals surface area contributed by atoms with E-state index in [-0.39, 0.29) is 17.6 Å². The summed E-state index contributed by atoms with van der Waals surface area (Å²) in [6.45, 7) is 4.05. The molecule has 15 heavy (non-hydrogen) atoms. The van der Waals surface area contributed by atoms with Gasteiger partial charge in [0.2, 0.25) is 5.91 Å². The minimum atomic E-state index is -0.321. The summed E-state index contributed by atoms with van der Waals surface area (Å²) in [6, 6.07) is 6.24. The predicted octanol–water partition coefficient (Wildman–Crippen LogP) is 2.44. The number of rotatable bonds is 4. The van der Waals surface area contributed by atoms with Gasteiger partial charge in [-0.1, -0.05) is 26.0 Å². The van der Waals surface area contributed by atoms with Crippen LogP contribution in [0.5, 0.6) is 0 Å². The lowest BCUT2D eigenvalue weighted by Gasteiger charge is -2.19. The minimum absolute atomic E-state index is 0.0723. The molecule has 3 heteroatoms. The normalized spacial score (nSPS) is 12.8. The molecule has 1 aromatic rings. The Bertz CT molecular complexity index is 332. The second-order valence-electron chi connectivity index (χ2n) is 4.07. The van der Waals surface area contributed by atoms with Crippen molar-refractivity contribution in [1.82, 2.24) is 0 Å². The predicted molar refractivity (Wildman–Crippen MR) is 57.8 cm³/mol. The summed E-state index contributed by atoms with van der Waals surface area (Å²) in [5.41, 5.74) is 6.15. The molecule has 1 amide bonds. The standard InChI is InChI=1S/C12H16FNO/c1-8(2)11(7-12(14)15)9-3-5-10(13)6-4-9/h3-6,8,11H,7H2,1-2H3,(H2,14,15)/t11-/m0/s1. The van der Waals surface area contributed by atoms with Crippen LogP contribution < -0.4 is 5.73 Å². The molecular weight excluding hydrogens is 193 g/mol. The van der Waals surface area contributed by atoms with Crippen molar-refractivity contribution in [3.05, 3.63) is 35.6 Å². The van der Waals surface area contributed by atoms with E-state index in [4.69, 9.17) is 5.73 Å². The summed E-state index contributed by atoms with van der Waals surface area (Å²) < 4.78 is 12.7. The van der Waals surface area contributed by atoms with Gasteiger partial charge >= 0.3 is 0 Å².